The van der Waals surface area contributed by atoms with Gasteiger partial charge in [-0.1, -0.05) is 34.1 Å². The van der Waals surface area contributed by atoms with E-state index < -0.39 is 21.9 Å². The summed E-state index contributed by atoms with van der Waals surface area (Å²) in [6.07, 6.45) is 0. The SMILES string of the molecule is Cc1ccc(C(=O)Nc2ccc(C(=O)[O-])cc2)cc1S(=O)(=O)Nc1ccc(Br)cc1. The Hall–Kier alpha value is -3.17. The lowest BCUT2D eigenvalue weighted by atomic mass is 10.1. The molecule has 0 aromatic heterocycles. The van der Waals surface area contributed by atoms with E-state index in [2.05, 4.69) is 26.0 Å². The first kappa shape index (κ1) is 21.5. The van der Waals surface area contributed by atoms with Gasteiger partial charge in [0.2, 0.25) is 0 Å². The number of carbonyl (C=O) groups is 2. The molecule has 154 valence electrons. The van der Waals surface area contributed by atoms with E-state index in [9.17, 15) is 23.1 Å². The number of carboxylic acids is 1. The maximum Gasteiger partial charge on any atom is 0.262 e. The first-order chi connectivity index (χ1) is 14.2. The van der Waals surface area contributed by atoms with Crippen LogP contribution in [0.15, 0.2) is 76.1 Å². The fourth-order valence-corrected chi connectivity index (χ4v) is 4.25. The second-order valence-corrected chi connectivity index (χ2v) is 8.98. The highest BCUT2D eigenvalue weighted by atomic mass is 79.9. The second kappa shape index (κ2) is 8.68. The molecule has 0 aliphatic carbocycles. The third-order valence-electron chi connectivity index (χ3n) is 4.21. The molecule has 0 bridgehead atoms. The van der Waals surface area contributed by atoms with E-state index in [1.54, 1.807) is 37.3 Å². The second-order valence-electron chi connectivity index (χ2n) is 6.41. The number of nitrogens with one attached hydrogen (secondary N) is 2. The summed E-state index contributed by atoms with van der Waals surface area (Å²) in [6, 6.07) is 16.4. The molecule has 3 aromatic carbocycles. The standard InChI is InChI=1S/C21H17BrN2O5S/c1-13-2-3-15(20(25)23-17-8-4-14(5-9-17)21(26)27)12-19(13)30(28,29)24-18-10-6-16(22)7-11-18/h2-12,24H,1H3,(H,23,25)(H,26,27)/p-1. The van der Waals surface area contributed by atoms with Gasteiger partial charge >= 0.3 is 0 Å². The fraction of sp³-hybridized carbons (Fsp3) is 0.0476. The van der Waals surface area contributed by atoms with Gasteiger partial charge in [0.05, 0.1) is 10.9 Å². The minimum absolute atomic E-state index is 0.0178. The third-order valence-corrected chi connectivity index (χ3v) is 6.27. The zero-order valence-corrected chi connectivity index (χ0v) is 18.1. The number of aryl methyl sites for hydroxylation is 1. The minimum atomic E-state index is -3.92. The molecule has 0 saturated carbocycles. The Morgan fingerprint density at radius 2 is 1.43 bits per heavy atom. The van der Waals surface area contributed by atoms with Crippen LogP contribution in [0.1, 0.15) is 26.3 Å². The van der Waals surface area contributed by atoms with Gasteiger partial charge in [-0.25, -0.2) is 8.42 Å². The highest BCUT2D eigenvalue weighted by molar-refractivity contribution is 9.10. The number of anilines is 2. The van der Waals surface area contributed by atoms with E-state index in [1.165, 1.54) is 36.4 Å². The van der Waals surface area contributed by atoms with Crippen molar-refractivity contribution < 1.29 is 23.1 Å². The number of carboxylic acid groups (broad SMARTS) is 1. The molecule has 0 heterocycles. The molecular formula is C21H16BrN2O5S-. The van der Waals surface area contributed by atoms with Gasteiger partial charge in [-0.2, -0.15) is 0 Å². The van der Waals surface area contributed by atoms with E-state index in [4.69, 9.17) is 0 Å². The molecule has 3 rings (SSSR count). The molecule has 0 spiro atoms. The van der Waals surface area contributed by atoms with E-state index in [-0.39, 0.29) is 16.0 Å². The van der Waals surface area contributed by atoms with Crippen molar-refractivity contribution in [3.05, 3.63) is 87.9 Å². The normalized spacial score (nSPS) is 11.0. The smallest absolute Gasteiger partial charge is 0.262 e. The predicted molar refractivity (Wildman–Crippen MR) is 115 cm³/mol. The van der Waals surface area contributed by atoms with Crippen molar-refractivity contribution >= 4 is 49.2 Å². The predicted octanol–water partition coefficient (Wildman–Crippen LogP) is 3.17. The molecule has 1 amide bonds. The number of halogens is 1. The van der Waals surface area contributed by atoms with Gasteiger partial charge in [-0.3, -0.25) is 9.52 Å². The Bertz CT molecular complexity index is 1210. The molecule has 30 heavy (non-hydrogen) atoms. The van der Waals surface area contributed by atoms with Crippen LogP contribution in [0.25, 0.3) is 0 Å². The lowest BCUT2D eigenvalue weighted by Crippen LogP contribution is -2.22. The fourth-order valence-electron chi connectivity index (χ4n) is 2.65. The Balaban J connectivity index is 1.83. The Morgan fingerprint density at radius 3 is 2.03 bits per heavy atom. The molecule has 0 radical (unpaired) electrons. The first-order valence-electron chi connectivity index (χ1n) is 8.67. The maximum absolute atomic E-state index is 12.8. The number of carbonyl (C=O) groups excluding carboxylic acids is 2. The summed E-state index contributed by atoms with van der Waals surface area (Å²) >= 11 is 3.29. The first-order valence-corrected chi connectivity index (χ1v) is 10.9. The molecule has 9 heteroatoms. The van der Waals surface area contributed by atoms with Crippen LogP contribution >= 0.6 is 15.9 Å². The third kappa shape index (κ3) is 5.05. The van der Waals surface area contributed by atoms with Gasteiger partial charge in [0.15, 0.2) is 0 Å². The highest BCUT2D eigenvalue weighted by Crippen LogP contribution is 2.23. The number of hydrogen-bond acceptors (Lipinski definition) is 5. The van der Waals surface area contributed by atoms with E-state index in [0.29, 0.717) is 16.9 Å². The van der Waals surface area contributed by atoms with E-state index in [1.807, 2.05) is 0 Å². The van der Waals surface area contributed by atoms with Gasteiger partial charge in [0.1, 0.15) is 0 Å². The van der Waals surface area contributed by atoms with Crippen molar-refractivity contribution in [2.75, 3.05) is 10.0 Å². The lowest BCUT2D eigenvalue weighted by molar-refractivity contribution is -0.255. The summed E-state index contributed by atoms with van der Waals surface area (Å²) in [5.41, 5.74) is 1.36. The van der Waals surface area contributed by atoms with Crippen LogP contribution in [0.2, 0.25) is 0 Å². The molecule has 0 saturated heterocycles. The van der Waals surface area contributed by atoms with E-state index >= 15 is 0 Å². The van der Waals surface area contributed by atoms with Crippen molar-refractivity contribution in [3.8, 4) is 0 Å². The Labute approximate surface area is 181 Å². The van der Waals surface area contributed by atoms with Crippen LogP contribution in [0.3, 0.4) is 0 Å². The monoisotopic (exact) mass is 487 g/mol. The summed E-state index contributed by atoms with van der Waals surface area (Å²) in [5.74, 6) is -1.85. The highest BCUT2D eigenvalue weighted by Gasteiger charge is 2.19. The largest absolute Gasteiger partial charge is 0.545 e. The molecule has 0 unspecified atom stereocenters. The van der Waals surface area contributed by atoms with Gasteiger partial charge in [0.25, 0.3) is 15.9 Å². The molecule has 0 atom stereocenters. The summed E-state index contributed by atoms with van der Waals surface area (Å²) in [7, 11) is -3.92. The Kier molecular flexibility index (Phi) is 6.23. The molecule has 0 fully saturated rings. The minimum Gasteiger partial charge on any atom is -0.545 e. The Morgan fingerprint density at radius 1 is 0.867 bits per heavy atom. The summed E-state index contributed by atoms with van der Waals surface area (Å²) in [6.45, 7) is 1.64. The van der Waals surface area contributed by atoms with Crippen LogP contribution in [0.4, 0.5) is 11.4 Å². The molecular weight excluding hydrogens is 472 g/mol. The van der Waals surface area contributed by atoms with Crippen LogP contribution in [-0.4, -0.2) is 20.3 Å². The lowest BCUT2D eigenvalue weighted by Gasteiger charge is -2.12. The van der Waals surface area contributed by atoms with Crippen molar-refractivity contribution in [2.24, 2.45) is 0 Å². The van der Waals surface area contributed by atoms with Crippen LogP contribution in [-0.2, 0) is 10.0 Å². The average molecular weight is 488 g/mol. The topological polar surface area (TPSA) is 115 Å². The summed E-state index contributed by atoms with van der Waals surface area (Å²) in [4.78, 5) is 23.3. The average Bonchev–Trinajstić information content (AvgIpc) is 2.70. The molecule has 0 aliphatic heterocycles. The molecule has 7 nitrogen and oxygen atoms in total. The van der Waals surface area contributed by atoms with Crippen LogP contribution < -0.4 is 15.1 Å². The van der Waals surface area contributed by atoms with Crippen molar-refractivity contribution in [1.29, 1.82) is 0 Å². The van der Waals surface area contributed by atoms with E-state index in [0.717, 1.165) is 4.47 Å². The molecule has 0 aliphatic rings. The number of rotatable bonds is 6. The zero-order chi connectivity index (χ0) is 21.9. The van der Waals surface area contributed by atoms with Crippen LogP contribution in [0.5, 0.6) is 0 Å². The van der Waals surface area contributed by atoms with Gasteiger partial charge in [-0.05, 0) is 66.6 Å². The van der Waals surface area contributed by atoms with Gasteiger partial charge in [0, 0.05) is 21.4 Å². The van der Waals surface area contributed by atoms with Crippen LogP contribution in [0, 0.1) is 6.92 Å². The quantitative estimate of drug-likeness (QED) is 0.553. The van der Waals surface area contributed by atoms with Crippen molar-refractivity contribution in [2.45, 2.75) is 11.8 Å². The molecule has 3 aromatic rings. The number of sulfonamides is 1. The van der Waals surface area contributed by atoms with Gasteiger partial charge < -0.3 is 15.2 Å². The maximum atomic E-state index is 12.8. The van der Waals surface area contributed by atoms with Gasteiger partial charge in [-0.15, -0.1) is 0 Å². The number of benzene rings is 3. The van der Waals surface area contributed by atoms with Crippen molar-refractivity contribution in [1.82, 2.24) is 0 Å². The zero-order valence-electron chi connectivity index (χ0n) is 15.7. The number of hydrogen-bond donors (Lipinski definition) is 2. The summed E-state index contributed by atoms with van der Waals surface area (Å²) in [5, 5.41) is 13.4. The number of amides is 1. The summed E-state index contributed by atoms with van der Waals surface area (Å²) < 4.78 is 29.0. The number of aromatic carboxylic acids is 1. The molecule has 2 N–H and O–H groups in total. The van der Waals surface area contributed by atoms with Crippen molar-refractivity contribution in [3.63, 3.8) is 0 Å².